The van der Waals surface area contributed by atoms with Crippen molar-refractivity contribution < 1.29 is 29.9 Å². The Morgan fingerprint density at radius 1 is 1.36 bits per heavy atom. The van der Waals surface area contributed by atoms with Gasteiger partial charge in [-0.25, -0.2) is 4.98 Å². The number of anilines is 1. The minimum absolute atomic E-state index is 0.233. The Kier molecular flexibility index (Phi) is 1.45. The van der Waals surface area contributed by atoms with Gasteiger partial charge in [-0.15, -0.1) is 0 Å². The highest BCUT2D eigenvalue weighted by Gasteiger charge is 2.52. The van der Waals surface area contributed by atoms with Gasteiger partial charge < -0.3 is 14.2 Å². The molecule has 0 bridgehead atoms. The second-order valence-corrected chi connectivity index (χ2v) is 5.95. The largest absolute Gasteiger partial charge is 0.514 e. The van der Waals surface area contributed by atoms with E-state index in [2.05, 4.69) is 4.98 Å². The normalized spacial score (nSPS) is 50.3. The van der Waals surface area contributed by atoms with Gasteiger partial charge in [-0.05, 0) is 65.8 Å². The number of pyridine rings is 1. The fourth-order valence-electron chi connectivity index (χ4n) is 1.94. The average Bonchev–Trinajstić information content (AvgIpc) is 2.92. The van der Waals surface area contributed by atoms with Gasteiger partial charge in [0.2, 0.25) is 0 Å². The summed E-state index contributed by atoms with van der Waals surface area (Å²) in [5, 5.41) is 0. The Morgan fingerprint density at radius 2 is 2.09 bits per heavy atom. The number of hydrogen-bond acceptors (Lipinski definition) is 4. The summed E-state index contributed by atoms with van der Waals surface area (Å²) in [5.41, 5.74) is -2.46. The Morgan fingerprint density at radius 3 is 2.77 bits per heavy atom. The molecule has 5 heteroatoms. The molecule has 2 aliphatic rings. The van der Waals surface area contributed by atoms with Crippen molar-refractivity contribution in [2.24, 2.45) is 0 Å². The van der Waals surface area contributed by atoms with Crippen LogP contribution in [0.25, 0.3) is 0 Å². The maximum absolute atomic E-state index is 8.73. The molecule has 0 radical (unpaired) electrons. The van der Waals surface area contributed by atoms with Crippen LogP contribution in [-0.4, -0.2) is 35.8 Å². The van der Waals surface area contributed by atoms with Crippen molar-refractivity contribution in [2.45, 2.75) is 70.9 Å². The van der Waals surface area contributed by atoms with Gasteiger partial charge in [-0.1, -0.05) is 6.04 Å². The molecule has 1 unspecified atom stereocenters. The molecule has 0 aliphatic carbocycles. The predicted octanol–water partition coefficient (Wildman–Crippen LogP) is 2.76. The molecule has 0 saturated carbocycles. The highest BCUT2D eigenvalue weighted by atomic mass is 16.7. The van der Waals surface area contributed by atoms with E-state index in [-0.39, 0.29) is 4.90 Å². The highest BCUT2D eigenvalue weighted by molar-refractivity contribution is 6.61. The lowest BCUT2D eigenvalue weighted by Gasteiger charge is -2.34. The van der Waals surface area contributed by atoms with E-state index in [1.165, 1.54) is 0 Å². The molecule has 1 aromatic rings. The smallest absolute Gasteiger partial charge is 0.398 e. The topological polar surface area (TPSA) is 34.6 Å². The fourth-order valence-corrected chi connectivity index (χ4v) is 1.94. The zero-order valence-corrected chi connectivity index (χ0v) is 12.8. The van der Waals surface area contributed by atoms with Crippen LogP contribution in [0.4, 0.5) is 5.82 Å². The summed E-state index contributed by atoms with van der Waals surface area (Å²) >= 11 is 0. The van der Waals surface area contributed by atoms with Gasteiger partial charge in [0.15, 0.2) is 0 Å². The maximum atomic E-state index is 8.73. The number of piperidine rings is 1. The first kappa shape index (κ1) is 5.78. The molecule has 0 spiro atoms. The van der Waals surface area contributed by atoms with Crippen molar-refractivity contribution in [3.05, 3.63) is 18.1 Å². The second-order valence-electron chi connectivity index (χ2n) is 5.95. The van der Waals surface area contributed by atoms with Crippen molar-refractivity contribution in [1.29, 1.82) is 0 Å². The molecule has 0 N–H and O–H groups in total. The van der Waals surface area contributed by atoms with Gasteiger partial charge in [-0.3, -0.25) is 0 Å². The van der Waals surface area contributed by atoms with Crippen LogP contribution in [-0.2, 0) is 9.31 Å². The quantitative estimate of drug-likeness (QED) is 0.786. The number of rotatable bonds is 2. The molecule has 120 valence electrons. The summed E-state index contributed by atoms with van der Waals surface area (Å²) in [6.07, 6.45) is -11.6. The molecule has 3 rings (SSSR count). The zero-order valence-electron chi connectivity index (χ0n) is 27.8. The first-order chi connectivity index (χ1) is 16.1. The van der Waals surface area contributed by atoms with Crippen molar-refractivity contribution in [1.82, 2.24) is 4.98 Å². The monoisotopic (exact) mass is 317 g/mol. The summed E-state index contributed by atoms with van der Waals surface area (Å²) in [4.78, 5) is 3.73. The minimum Gasteiger partial charge on any atom is -0.398 e. The summed E-state index contributed by atoms with van der Waals surface area (Å²) in [6.45, 7) is -0.962. The van der Waals surface area contributed by atoms with Crippen molar-refractivity contribution in [2.75, 3.05) is 11.4 Å². The molecule has 3 heterocycles. The summed E-state index contributed by atoms with van der Waals surface area (Å²) in [5.74, 6) is -1.15. The van der Waals surface area contributed by atoms with Crippen molar-refractivity contribution in [3.63, 3.8) is 0 Å². The van der Waals surface area contributed by atoms with Crippen molar-refractivity contribution in [3.8, 4) is 0 Å². The van der Waals surface area contributed by atoms with Crippen LogP contribution in [0.2, 0.25) is 0 Å². The number of aromatic nitrogens is 1. The lowest BCUT2D eigenvalue weighted by atomic mass is 9.84. The molecular weight excluding hydrogens is 275 g/mol. The SMILES string of the molecule is [2H]c1c(B2OC(C)(C)C(C)(C)O2)nc(N2C([2H])([2H])C([2H])([2H])C([2H])([2H])C([2H])([2H])C2([2H])C([2H])([2H])[2H])c([2H])c1[2H]. The van der Waals surface area contributed by atoms with E-state index in [4.69, 9.17) is 29.9 Å². The molecule has 2 saturated heterocycles. The van der Waals surface area contributed by atoms with E-state index >= 15 is 0 Å². The average molecular weight is 317 g/mol. The van der Waals surface area contributed by atoms with E-state index in [1.54, 1.807) is 27.7 Å². The zero-order chi connectivity index (χ0) is 29.2. The number of nitrogens with zero attached hydrogens (tertiary/aromatic N) is 2. The standard InChI is InChI=1S/C17H27BN2O2/c1-13-9-6-7-12-20(13)15-11-8-10-14(19-15)18-21-16(2,3)17(4,5)22-18/h8,10-11,13H,6-7,9,12H2,1-5H3/i1D3,6D2,7D2,8D,9D2,10D,11D,12D2,13D. The third-order valence-electron chi connectivity index (χ3n) is 3.91. The molecule has 1 atom stereocenters. The molecular formula is C17H27BN2O2. The van der Waals surface area contributed by atoms with Crippen LogP contribution in [0, 0.1) is 0 Å². The first-order valence-corrected chi connectivity index (χ1v) is 6.79. The molecule has 0 aromatic carbocycles. The van der Waals surface area contributed by atoms with Crippen LogP contribution in [0.15, 0.2) is 18.1 Å². The van der Waals surface area contributed by atoms with Gasteiger partial charge in [0, 0.05) is 27.6 Å². The van der Waals surface area contributed by atoms with E-state index in [1.807, 2.05) is 0 Å². The van der Waals surface area contributed by atoms with E-state index in [0.717, 1.165) is 0 Å². The van der Waals surface area contributed by atoms with Crippen LogP contribution in [0.3, 0.4) is 0 Å². The van der Waals surface area contributed by atoms with Gasteiger partial charge >= 0.3 is 7.12 Å². The maximum Gasteiger partial charge on any atom is 0.514 e. The molecule has 22 heavy (non-hydrogen) atoms. The fraction of sp³-hybridized carbons (Fsp3) is 0.706. The van der Waals surface area contributed by atoms with E-state index in [0.29, 0.717) is 0 Å². The van der Waals surface area contributed by atoms with E-state index < -0.39 is 86.3 Å². The van der Waals surface area contributed by atoms with Gasteiger partial charge in [0.05, 0.1) is 22.3 Å². The molecule has 4 nitrogen and oxygen atoms in total. The Labute approximate surface area is 155 Å². The van der Waals surface area contributed by atoms with Gasteiger partial charge in [0.1, 0.15) is 5.82 Å². The molecule has 2 fully saturated rings. The highest BCUT2D eigenvalue weighted by Crippen LogP contribution is 2.36. The number of hydrogen-bond donors (Lipinski definition) is 0. The predicted molar refractivity (Wildman–Crippen MR) is 90.6 cm³/mol. The minimum atomic E-state index is -3.92. The molecule has 0 amide bonds. The van der Waals surface area contributed by atoms with Gasteiger partial charge in [-0.2, -0.15) is 0 Å². The summed E-state index contributed by atoms with van der Waals surface area (Å²) < 4.78 is 135. The Balaban J connectivity index is 2.43. The molecule has 1 aromatic heterocycles. The van der Waals surface area contributed by atoms with Crippen LogP contribution in [0.1, 0.15) is 74.2 Å². The van der Waals surface area contributed by atoms with Gasteiger partial charge in [0.25, 0.3) is 0 Å². The summed E-state index contributed by atoms with van der Waals surface area (Å²) in [6, 6.07) is -6.60. The van der Waals surface area contributed by atoms with Crippen LogP contribution >= 0.6 is 0 Å². The summed E-state index contributed by atoms with van der Waals surface area (Å²) in [7, 11) is -1.47. The second kappa shape index (κ2) is 5.53. The van der Waals surface area contributed by atoms with Crippen molar-refractivity contribution >= 4 is 18.5 Å². The lowest BCUT2D eigenvalue weighted by Crippen LogP contribution is -2.41. The van der Waals surface area contributed by atoms with Crippen LogP contribution in [0.5, 0.6) is 0 Å². The Bertz CT molecular complexity index is 1110. The molecule has 2 aliphatic heterocycles. The Hall–Kier alpha value is -1.07. The lowest BCUT2D eigenvalue weighted by molar-refractivity contribution is 0.00578. The first-order valence-electron chi connectivity index (χ1n) is 14.3. The van der Waals surface area contributed by atoms with E-state index in [9.17, 15) is 0 Å². The third-order valence-corrected chi connectivity index (χ3v) is 3.91. The third kappa shape index (κ3) is 2.76. The van der Waals surface area contributed by atoms with Crippen LogP contribution < -0.4 is 10.5 Å².